The zero-order valence-electron chi connectivity index (χ0n) is 10.4. The van der Waals surface area contributed by atoms with E-state index in [9.17, 15) is 5.11 Å². The second-order valence-electron chi connectivity index (χ2n) is 4.28. The Morgan fingerprint density at radius 3 is 2.59 bits per heavy atom. The van der Waals surface area contributed by atoms with Crippen LogP contribution in [0.2, 0.25) is 0 Å². The molecule has 0 aliphatic heterocycles. The van der Waals surface area contributed by atoms with Crippen molar-refractivity contribution in [3.05, 3.63) is 28.7 Å². The zero-order chi connectivity index (χ0) is 12.7. The molecule has 3 N–H and O–H groups in total. The lowest BCUT2D eigenvalue weighted by atomic mass is 10.2. The molecule has 1 aromatic carbocycles. The van der Waals surface area contributed by atoms with E-state index in [-0.39, 0.29) is 0 Å². The van der Waals surface area contributed by atoms with Crippen LogP contribution in [0.1, 0.15) is 20.3 Å². The third-order valence-corrected chi connectivity index (χ3v) is 3.24. The lowest BCUT2D eigenvalue weighted by molar-refractivity contribution is -0.691. The van der Waals surface area contributed by atoms with Crippen LogP contribution in [-0.2, 0) is 0 Å². The number of hydrogen-bond donors (Lipinski definition) is 2. The standard InChI is InChI=1S/C13H20BrNO2/c1-3-10(2)15-8-12(16)9-17-13-6-4-11(14)5-7-13/h4-7,10,12,15-16H,3,8-9H2,1-2H3/p+1/t10-,12-/m0/s1. The summed E-state index contributed by atoms with van der Waals surface area (Å²) in [5.74, 6) is 0.788. The fraction of sp³-hybridized carbons (Fsp3) is 0.538. The molecular formula is C13H21BrNO2+. The van der Waals surface area contributed by atoms with Gasteiger partial charge in [-0.3, -0.25) is 0 Å². The number of hydrogen-bond acceptors (Lipinski definition) is 2. The molecule has 0 saturated carbocycles. The minimum Gasteiger partial charge on any atom is -0.491 e. The van der Waals surface area contributed by atoms with Gasteiger partial charge in [0.15, 0.2) is 0 Å². The first-order valence-corrected chi connectivity index (χ1v) is 6.81. The fourth-order valence-electron chi connectivity index (χ4n) is 1.35. The third kappa shape index (κ3) is 6.05. The molecular weight excluding hydrogens is 282 g/mol. The second kappa shape index (κ2) is 7.69. The Hall–Kier alpha value is -0.580. The first-order chi connectivity index (χ1) is 8.11. The third-order valence-electron chi connectivity index (χ3n) is 2.71. The van der Waals surface area contributed by atoms with Crippen molar-refractivity contribution < 1.29 is 15.2 Å². The van der Waals surface area contributed by atoms with Crippen LogP contribution in [0.25, 0.3) is 0 Å². The molecule has 0 heterocycles. The summed E-state index contributed by atoms with van der Waals surface area (Å²) >= 11 is 3.36. The largest absolute Gasteiger partial charge is 0.491 e. The molecule has 1 rings (SSSR count). The number of halogens is 1. The van der Waals surface area contributed by atoms with Gasteiger partial charge in [-0.2, -0.15) is 0 Å². The lowest BCUT2D eigenvalue weighted by Gasteiger charge is -2.14. The SMILES string of the molecule is CC[C@H](C)[NH2+]C[C@H](O)COc1ccc(Br)cc1. The van der Waals surface area contributed by atoms with Crippen LogP contribution in [0.15, 0.2) is 28.7 Å². The zero-order valence-corrected chi connectivity index (χ0v) is 12.0. The summed E-state index contributed by atoms with van der Waals surface area (Å²) in [4.78, 5) is 0. The van der Waals surface area contributed by atoms with Gasteiger partial charge in [0.05, 0.1) is 6.04 Å². The maximum atomic E-state index is 9.74. The lowest BCUT2D eigenvalue weighted by Crippen LogP contribution is -2.91. The topological polar surface area (TPSA) is 46.1 Å². The van der Waals surface area contributed by atoms with Crippen molar-refractivity contribution in [2.45, 2.75) is 32.4 Å². The molecule has 1 aromatic rings. The van der Waals surface area contributed by atoms with Gasteiger partial charge in [0.2, 0.25) is 0 Å². The molecule has 0 radical (unpaired) electrons. The molecule has 96 valence electrons. The van der Waals surface area contributed by atoms with E-state index in [1.807, 2.05) is 24.3 Å². The smallest absolute Gasteiger partial charge is 0.137 e. The summed E-state index contributed by atoms with van der Waals surface area (Å²) in [5.41, 5.74) is 0. The molecule has 4 heteroatoms. The second-order valence-corrected chi connectivity index (χ2v) is 5.19. The van der Waals surface area contributed by atoms with E-state index in [4.69, 9.17) is 4.74 Å². The van der Waals surface area contributed by atoms with Crippen LogP contribution < -0.4 is 10.1 Å². The summed E-state index contributed by atoms with van der Waals surface area (Å²) < 4.78 is 6.52. The Morgan fingerprint density at radius 2 is 2.00 bits per heavy atom. The quantitative estimate of drug-likeness (QED) is 0.803. The molecule has 17 heavy (non-hydrogen) atoms. The van der Waals surface area contributed by atoms with Gasteiger partial charge in [0, 0.05) is 4.47 Å². The van der Waals surface area contributed by atoms with Gasteiger partial charge in [0.1, 0.15) is 25.0 Å². The number of rotatable bonds is 7. The van der Waals surface area contributed by atoms with Gasteiger partial charge in [-0.15, -0.1) is 0 Å². The normalized spacial score (nSPS) is 14.4. The monoisotopic (exact) mass is 302 g/mol. The Kier molecular flexibility index (Phi) is 6.55. The van der Waals surface area contributed by atoms with Crippen molar-refractivity contribution in [3.63, 3.8) is 0 Å². The van der Waals surface area contributed by atoms with Gasteiger partial charge >= 0.3 is 0 Å². The maximum absolute atomic E-state index is 9.74. The Morgan fingerprint density at radius 1 is 1.35 bits per heavy atom. The molecule has 0 aromatic heterocycles. The Balaban J connectivity index is 2.23. The highest BCUT2D eigenvalue weighted by atomic mass is 79.9. The van der Waals surface area contributed by atoms with Crippen LogP contribution in [0, 0.1) is 0 Å². The van der Waals surface area contributed by atoms with Crippen molar-refractivity contribution in [1.82, 2.24) is 0 Å². The van der Waals surface area contributed by atoms with Crippen LogP contribution >= 0.6 is 15.9 Å². The minimum absolute atomic E-state index is 0.342. The highest BCUT2D eigenvalue weighted by molar-refractivity contribution is 9.10. The summed E-state index contributed by atoms with van der Waals surface area (Å²) in [6.07, 6.45) is 0.688. The molecule has 0 aliphatic carbocycles. The van der Waals surface area contributed by atoms with Crippen molar-refractivity contribution in [3.8, 4) is 5.75 Å². The molecule has 0 spiro atoms. The summed E-state index contributed by atoms with van der Waals surface area (Å²) in [5, 5.41) is 11.9. The van der Waals surface area contributed by atoms with Crippen molar-refractivity contribution in [1.29, 1.82) is 0 Å². The molecule has 0 unspecified atom stereocenters. The van der Waals surface area contributed by atoms with E-state index in [1.165, 1.54) is 0 Å². The molecule has 3 nitrogen and oxygen atoms in total. The first kappa shape index (κ1) is 14.5. The van der Waals surface area contributed by atoms with Gasteiger partial charge in [-0.1, -0.05) is 22.9 Å². The van der Waals surface area contributed by atoms with Crippen LogP contribution in [0.3, 0.4) is 0 Å². The number of quaternary nitrogens is 1. The summed E-state index contributed by atoms with van der Waals surface area (Å²) in [6.45, 7) is 5.33. The van der Waals surface area contributed by atoms with Crippen molar-refractivity contribution in [2.75, 3.05) is 13.2 Å². The average Bonchev–Trinajstić information content (AvgIpc) is 2.35. The van der Waals surface area contributed by atoms with Gasteiger partial charge in [-0.05, 0) is 37.6 Å². The van der Waals surface area contributed by atoms with Gasteiger partial charge in [0.25, 0.3) is 0 Å². The van der Waals surface area contributed by atoms with E-state index in [1.54, 1.807) is 0 Å². The number of benzene rings is 1. The van der Waals surface area contributed by atoms with E-state index >= 15 is 0 Å². The van der Waals surface area contributed by atoms with E-state index in [0.29, 0.717) is 19.2 Å². The fourth-order valence-corrected chi connectivity index (χ4v) is 1.61. The van der Waals surface area contributed by atoms with Crippen molar-refractivity contribution >= 4 is 15.9 Å². The predicted octanol–water partition coefficient (Wildman–Crippen LogP) is 1.55. The molecule has 0 amide bonds. The Bertz CT molecular complexity index is 316. The summed E-state index contributed by atoms with van der Waals surface area (Å²) in [6, 6.07) is 8.17. The van der Waals surface area contributed by atoms with E-state index < -0.39 is 6.10 Å². The summed E-state index contributed by atoms with van der Waals surface area (Å²) in [7, 11) is 0. The Labute approximate surface area is 111 Å². The van der Waals surface area contributed by atoms with Crippen LogP contribution in [0.5, 0.6) is 5.75 Å². The molecule has 0 saturated heterocycles. The average molecular weight is 303 g/mol. The molecule has 0 fully saturated rings. The van der Waals surface area contributed by atoms with Gasteiger partial charge in [-0.25, -0.2) is 0 Å². The van der Waals surface area contributed by atoms with Gasteiger partial charge < -0.3 is 15.2 Å². The van der Waals surface area contributed by atoms with E-state index in [2.05, 4.69) is 35.1 Å². The predicted molar refractivity (Wildman–Crippen MR) is 72.2 cm³/mol. The first-order valence-electron chi connectivity index (χ1n) is 6.01. The number of ether oxygens (including phenoxy) is 1. The highest BCUT2D eigenvalue weighted by Gasteiger charge is 2.09. The minimum atomic E-state index is -0.423. The van der Waals surface area contributed by atoms with Crippen LogP contribution in [-0.4, -0.2) is 30.4 Å². The van der Waals surface area contributed by atoms with Crippen LogP contribution in [0.4, 0.5) is 0 Å². The number of nitrogens with two attached hydrogens (primary N) is 1. The molecule has 2 atom stereocenters. The molecule has 0 aliphatic rings. The van der Waals surface area contributed by atoms with Crippen molar-refractivity contribution in [2.24, 2.45) is 0 Å². The highest BCUT2D eigenvalue weighted by Crippen LogP contribution is 2.15. The van der Waals surface area contributed by atoms with E-state index in [0.717, 1.165) is 16.6 Å². The number of aliphatic hydroxyl groups excluding tert-OH is 1. The maximum Gasteiger partial charge on any atom is 0.137 e. The molecule has 0 bridgehead atoms. The number of aliphatic hydroxyl groups is 1.